The number of quaternary nitrogens is 1. The molecule has 3 rings (SSSR count). The van der Waals surface area contributed by atoms with Crippen LogP contribution in [0.5, 0.6) is 5.75 Å². The molecule has 26 heavy (non-hydrogen) atoms. The zero-order valence-electron chi connectivity index (χ0n) is 13.7. The summed E-state index contributed by atoms with van der Waals surface area (Å²) in [5.74, 6) is -2.71. The second kappa shape index (κ2) is 6.40. The Labute approximate surface area is 152 Å². The minimum atomic E-state index is -1.58. The molecule has 0 spiro atoms. The number of benzene rings is 1. The third kappa shape index (κ3) is 2.67. The number of nitrogens with one attached hydrogen (secondary N) is 1. The molecule has 1 aromatic rings. The number of hydrogen-bond donors (Lipinski definition) is 4. The van der Waals surface area contributed by atoms with Crippen molar-refractivity contribution in [1.82, 2.24) is 5.32 Å². The Morgan fingerprint density at radius 1 is 1.38 bits per heavy atom. The molecular formula is C16H17N3O6S. The van der Waals surface area contributed by atoms with E-state index in [9.17, 15) is 29.8 Å². The maximum absolute atomic E-state index is 12.8. The quantitative estimate of drug-likeness (QED) is 0.328. The van der Waals surface area contributed by atoms with E-state index in [1.807, 2.05) is 0 Å². The number of phenolic OH excluding ortho intramolecular Hbond substituents is 1. The average Bonchev–Trinajstić information content (AvgIpc) is 2.59. The van der Waals surface area contributed by atoms with Crippen molar-refractivity contribution in [1.29, 1.82) is 0 Å². The lowest BCUT2D eigenvalue weighted by atomic mass is 10.0. The SMILES string of the molecule is CC1=C(C(=O)O)[N+]2([O-])C(=O)[C@@H](NC(=O)[C@H](N)c3ccc(O)cc3)[C@H]2SC1. The molecule has 0 saturated carbocycles. The molecule has 1 fully saturated rings. The second-order valence-corrected chi connectivity index (χ2v) is 7.29. The van der Waals surface area contributed by atoms with E-state index in [-0.39, 0.29) is 11.5 Å². The van der Waals surface area contributed by atoms with Crippen LogP contribution in [0.1, 0.15) is 18.5 Å². The van der Waals surface area contributed by atoms with Crippen molar-refractivity contribution in [2.45, 2.75) is 24.4 Å². The number of aromatic hydroxyl groups is 1. The highest BCUT2D eigenvalue weighted by Gasteiger charge is 2.65. The van der Waals surface area contributed by atoms with Gasteiger partial charge in [-0.25, -0.2) is 14.2 Å². The Kier molecular flexibility index (Phi) is 4.53. The molecule has 0 radical (unpaired) electrons. The fourth-order valence-corrected chi connectivity index (χ4v) is 4.47. The van der Waals surface area contributed by atoms with Crippen LogP contribution in [0.4, 0.5) is 0 Å². The third-order valence-electron chi connectivity index (χ3n) is 4.48. The number of carboxylic acids is 1. The zero-order chi connectivity index (χ0) is 19.2. The summed E-state index contributed by atoms with van der Waals surface area (Å²) < 4.78 is -1.58. The monoisotopic (exact) mass is 379 g/mol. The van der Waals surface area contributed by atoms with E-state index in [2.05, 4.69) is 5.32 Å². The van der Waals surface area contributed by atoms with Gasteiger partial charge in [0.2, 0.25) is 17.6 Å². The van der Waals surface area contributed by atoms with Crippen LogP contribution in [0.25, 0.3) is 0 Å². The number of thioether (sulfide) groups is 1. The summed E-state index contributed by atoms with van der Waals surface area (Å²) >= 11 is 1.13. The number of hydroxylamine groups is 3. The standard InChI is InChI=1S/C16H17N3O6S/c1-7-6-26-15-11(14(22)19(15,25)12(7)16(23)24)18-13(21)10(17)8-2-4-9(20)5-3-8/h2-5,10-11,15,20H,6,17H2,1H3,(H,18,21)(H,23,24)/t10-,11-,15-,19?/m1/s1. The van der Waals surface area contributed by atoms with Crippen LogP contribution in [0.2, 0.25) is 0 Å². The lowest BCUT2D eigenvalue weighted by molar-refractivity contribution is -0.805. The summed E-state index contributed by atoms with van der Waals surface area (Å²) in [7, 11) is 0. The van der Waals surface area contributed by atoms with Gasteiger partial charge in [-0.1, -0.05) is 23.9 Å². The minimum absolute atomic E-state index is 0.0194. The normalized spacial score (nSPS) is 28.8. The molecule has 1 aromatic carbocycles. The summed E-state index contributed by atoms with van der Waals surface area (Å²) in [5, 5.41) is 32.9. The van der Waals surface area contributed by atoms with Crippen LogP contribution < -0.4 is 11.1 Å². The Balaban J connectivity index is 1.77. The largest absolute Gasteiger partial charge is 0.619 e. The molecule has 2 amide bonds. The van der Waals surface area contributed by atoms with E-state index in [0.29, 0.717) is 11.1 Å². The maximum atomic E-state index is 12.8. The van der Waals surface area contributed by atoms with Crippen LogP contribution in [0, 0.1) is 5.21 Å². The molecule has 0 bridgehead atoms. The number of nitrogens with zero attached hydrogens (tertiary/aromatic N) is 1. The van der Waals surface area contributed by atoms with Gasteiger partial charge in [0.15, 0.2) is 5.37 Å². The number of hydrogen-bond acceptors (Lipinski definition) is 7. The first kappa shape index (κ1) is 18.4. The summed E-state index contributed by atoms with van der Waals surface area (Å²) in [5.41, 5.74) is 6.15. The Bertz CT molecular complexity index is 824. The zero-order valence-corrected chi connectivity index (χ0v) is 14.5. The van der Waals surface area contributed by atoms with Gasteiger partial charge < -0.3 is 26.5 Å². The number of phenols is 1. The Morgan fingerprint density at radius 3 is 2.58 bits per heavy atom. The molecule has 5 N–H and O–H groups in total. The number of aliphatic carboxylic acids is 1. The summed E-state index contributed by atoms with van der Waals surface area (Å²) in [6.07, 6.45) is 0. The van der Waals surface area contributed by atoms with Crippen molar-refractivity contribution in [3.05, 3.63) is 46.3 Å². The summed E-state index contributed by atoms with van der Waals surface area (Å²) in [6.45, 7) is 1.50. The van der Waals surface area contributed by atoms with Crippen molar-refractivity contribution in [2.24, 2.45) is 5.73 Å². The van der Waals surface area contributed by atoms with Gasteiger partial charge in [-0.2, -0.15) is 0 Å². The van der Waals surface area contributed by atoms with E-state index in [0.717, 1.165) is 11.8 Å². The Hall–Kier alpha value is -2.40. The van der Waals surface area contributed by atoms with E-state index < -0.39 is 45.6 Å². The van der Waals surface area contributed by atoms with Crippen LogP contribution in [-0.2, 0) is 14.4 Å². The molecular weight excluding hydrogens is 362 g/mol. The van der Waals surface area contributed by atoms with Crippen LogP contribution in [-0.4, -0.2) is 49.8 Å². The number of carbonyl (C=O) groups is 3. The number of amides is 2. The van der Waals surface area contributed by atoms with Crippen molar-refractivity contribution < 1.29 is 29.2 Å². The highest BCUT2D eigenvalue weighted by molar-refractivity contribution is 8.00. The molecule has 10 heteroatoms. The van der Waals surface area contributed by atoms with Crippen LogP contribution in [0.3, 0.4) is 0 Å². The lowest BCUT2D eigenvalue weighted by Crippen LogP contribution is -2.79. The summed E-state index contributed by atoms with van der Waals surface area (Å²) in [6, 6.07) is 3.50. The van der Waals surface area contributed by atoms with Gasteiger partial charge in [0.25, 0.3) is 0 Å². The number of rotatable bonds is 4. The highest BCUT2D eigenvalue weighted by Crippen LogP contribution is 2.46. The van der Waals surface area contributed by atoms with E-state index in [1.54, 1.807) is 0 Å². The average molecular weight is 379 g/mol. The molecule has 0 aromatic heterocycles. The lowest BCUT2D eigenvalue weighted by Gasteiger charge is -2.57. The maximum Gasteiger partial charge on any atom is 0.391 e. The molecule has 4 atom stereocenters. The van der Waals surface area contributed by atoms with Gasteiger partial charge in [0.05, 0.1) is 0 Å². The van der Waals surface area contributed by atoms with Crippen molar-refractivity contribution in [2.75, 3.05) is 5.75 Å². The van der Waals surface area contributed by atoms with E-state index in [1.165, 1.54) is 31.2 Å². The molecule has 1 unspecified atom stereocenters. The molecule has 2 heterocycles. The first-order chi connectivity index (χ1) is 12.2. The van der Waals surface area contributed by atoms with Crippen molar-refractivity contribution in [3.8, 4) is 5.75 Å². The minimum Gasteiger partial charge on any atom is -0.619 e. The van der Waals surface area contributed by atoms with E-state index >= 15 is 0 Å². The first-order valence-corrected chi connectivity index (χ1v) is 8.77. The van der Waals surface area contributed by atoms with E-state index in [4.69, 9.17) is 5.73 Å². The second-order valence-electron chi connectivity index (χ2n) is 6.19. The first-order valence-electron chi connectivity index (χ1n) is 7.72. The molecule has 138 valence electrons. The number of fused-ring (bicyclic) bond motifs is 1. The van der Waals surface area contributed by atoms with Crippen molar-refractivity contribution in [3.63, 3.8) is 0 Å². The van der Waals surface area contributed by atoms with Crippen molar-refractivity contribution >= 4 is 29.5 Å². The summed E-state index contributed by atoms with van der Waals surface area (Å²) in [4.78, 5) is 36.1. The highest BCUT2D eigenvalue weighted by atomic mass is 32.2. The molecule has 2 aliphatic heterocycles. The number of β-lactam (4-membered cyclic amide) rings is 1. The van der Waals surface area contributed by atoms with Gasteiger partial charge in [-0.15, -0.1) is 0 Å². The number of carbonyl (C=O) groups excluding carboxylic acids is 2. The molecule has 0 aliphatic carbocycles. The predicted molar refractivity (Wildman–Crippen MR) is 92.2 cm³/mol. The fourth-order valence-electron chi connectivity index (χ4n) is 3.12. The van der Waals surface area contributed by atoms with Gasteiger partial charge in [0.1, 0.15) is 11.8 Å². The predicted octanol–water partition coefficient (Wildman–Crippen LogP) is 0.163. The third-order valence-corrected chi connectivity index (χ3v) is 5.99. The Morgan fingerprint density at radius 2 is 2.00 bits per heavy atom. The van der Waals surface area contributed by atoms with Gasteiger partial charge >= 0.3 is 11.9 Å². The van der Waals surface area contributed by atoms with Gasteiger partial charge in [-0.05, 0) is 24.6 Å². The van der Waals surface area contributed by atoms with Crippen LogP contribution in [0.15, 0.2) is 35.5 Å². The van der Waals surface area contributed by atoms with Crippen LogP contribution >= 0.6 is 11.8 Å². The number of carboxylic acid groups (broad SMARTS) is 1. The molecule has 9 nitrogen and oxygen atoms in total. The molecule has 2 aliphatic rings. The van der Waals surface area contributed by atoms with Gasteiger partial charge in [-0.3, -0.25) is 4.79 Å². The van der Waals surface area contributed by atoms with Gasteiger partial charge in [0, 0.05) is 11.3 Å². The molecule has 1 saturated heterocycles. The topological polar surface area (TPSA) is 153 Å². The number of nitrogens with two attached hydrogens (primary N) is 1. The fraction of sp³-hybridized carbons (Fsp3) is 0.312. The smallest absolute Gasteiger partial charge is 0.391 e.